The second-order valence-electron chi connectivity index (χ2n) is 4.35. The van der Waals surface area contributed by atoms with E-state index in [4.69, 9.17) is 5.73 Å². The van der Waals surface area contributed by atoms with E-state index in [1.165, 1.54) is 5.57 Å². The van der Waals surface area contributed by atoms with E-state index in [0.717, 1.165) is 12.8 Å². The van der Waals surface area contributed by atoms with Gasteiger partial charge in [-0.1, -0.05) is 18.2 Å². The van der Waals surface area contributed by atoms with Gasteiger partial charge in [-0.05, 0) is 38.2 Å². The lowest BCUT2D eigenvalue weighted by molar-refractivity contribution is 0.0593. The quantitative estimate of drug-likeness (QED) is 0.695. The number of aliphatic hydroxyl groups is 1. The van der Waals surface area contributed by atoms with Crippen LogP contribution in [0, 0.1) is 5.92 Å². The minimum Gasteiger partial charge on any atom is -0.390 e. The molecule has 13 heavy (non-hydrogen) atoms. The molecule has 0 aliphatic heterocycles. The molecular weight excluding hydrogens is 162 g/mol. The lowest BCUT2D eigenvalue weighted by atomic mass is 9.87. The highest BCUT2D eigenvalue weighted by Crippen LogP contribution is 2.24. The average Bonchev–Trinajstić information content (AvgIpc) is 2.03. The Kier molecular flexibility index (Phi) is 3.28. The monoisotopic (exact) mass is 181 g/mol. The molecule has 1 aliphatic carbocycles. The Labute approximate surface area is 80.1 Å². The van der Waals surface area contributed by atoms with E-state index < -0.39 is 5.60 Å². The summed E-state index contributed by atoms with van der Waals surface area (Å²) < 4.78 is 0. The summed E-state index contributed by atoms with van der Waals surface area (Å²) >= 11 is 0. The van der Waals surface area contributed by atoms with Crippen LogP contribution >= 0.6 is 0 Å². The Morgan fingerprint density at radius 2 is 2.31 bits per heavy atom. The first kappa shape index (κ1) is 10.5. The Morgan fingerprint density at radius 3 is 2.69 bits per heavy atom. The SMILES string of the molecule is CC(C)(O)CC1C=CC(CN)=CC1. The second-order valence-corrected chi connectivity index (χ2v) is 4.35. The summed E-state index contributed by atoms with van der Waals surface area (Å²) in [5, 5.41) is 9.61. The van der Waals surface area contributed by atoms with Gasteiger partial charge in [0.1, 0.15) is 0 Å². The molecule has 1 atom stereocenters. The minimum absolute atomic E-state index is 0.468. The highest BCUT2D eigenvalue weighted by Gasteiger charge is 2.19. The summed E-state index contributed by atoms with van der Waals surface area (Å²) in [5.41, 5.74) is 6.14. The normalized spacial score (nSPS) is 23.1. The van der Waals surface area contributed by atoms with Crippen LogP contribution in [-0.4, -0.2) is 17.3 Å². The molecule has 1 aliphatic rings. The minimum atomic E-state index is -0.566. The van der Waals surface area contributed by atoms with Crippen LogP contribution in [-0.2, 0) is 0 Å². The topological polar surface area (TPSA) is 46.2 Å². The van der Waals surface area contributed by atoms with Gasteiger partial charge in [0.2, 0.25) is 0 Å². The highest BCUT2D eigenvalue weighted by molar-refractivity contribution is 5.24. The fourth-order valence-corrected chi connectivity index (χ4v) is 1.65. The molecule has 0 heterocycles. The van der Waals surface area contributed by atoms with E-state index in [-0.39, 0.29) is 0 Å². The average molecular weight is 181 g/mol. The van der Waals surface area contributed by atoms with Gasteiger partial charge in [-0.3, -0.25) is 0 Å². The molecule has 0 radical (unpaired) electrons. The molecule has 0 fully saturated rings. The van der Waals surface area contributed by atoms with Crippen molar-refractivity contribution in [2.45, 2.75) is 32.3 Å². The maximum Gasteiger partial charge on any atom is 0.0597 e. The van der Waals surface area contributed by atoms with Gasteiger partial charge in [-0.25, -0.2) is 0 Å². The summed E-state index contributed by atoms with van der Waals surface area (Å²) in [6, 6.07) is 0. The number of nitrogens with two attached hydrogens (primary N) is 1. The van der Waals surface area contributed by atoms with Crippen molar-refractivity contribution in [3.63, 3.8) is 0 Å². The molecule has 74 valence electrons. The molecule has 2 heteroatoms. The third-order valence-electron chi connectivity index (χ3n) is 2.26. The number of hydrogen-bond acceptors (Lipinski definition) is 2. The van der Waals surface area contributed by atoms with Crippen molar-refractivity contribution in [3.8, 4) is 0 Å². The van der Waals surface area contributed by atoms with Gasteiger partial charge >= 0.3 is 0 Å². The van der Waals surface area contributed by atoms with Crippen LogP contribution < -0.4 is 5.73 Å². The standard InChI is InChI=1S/C11H19NO/c1-11(2,13)7-9-3-5-10(8-12)6-4-9/h3,5-6,9,13H,4,7-8,12H2,1-2H3. The molecule has 0 spiro atoms. The van der Waals surface area contributed by atoms with Gasteiger partial charge in [-0.2, -0.15) is 0 Å². The maximum absolute atomic E-state index is 9.61. The van der Waals surface area contributed by atoms with Crippen LogP contribution in [0.15, 0.2) is 23.8 Å². The first-order chi connectivity index (χ1) is 6.01. The number of hydrogen-bond donors (Lipinski definition) is 2. The van der Waals surface area contributed by atoms with Gasteiger partial charge in [0.25, 0.3) is 0 Å². The van der Waals surface area contributed by atoms with Crippen molar-refractivity contribution in [3.05, 3.63) is 23.8 Å². The summed E-state index contributed by atoms with van der Waals surface area (Å²) in [6.45, 7) is 4.32. The number of allylic oxidation sites excluding steroid dienone is 2. The van der Waals surface area contributed by atoms with E-state index in [9.17, 15) is 5.11 Å². The lowest BCUT2D eigenvalue weighted by Gasteiger charge is -2.23. The second kappa shape index (κ2) is 4.07. The van der Waals surface area contributed by atoms with Gasteiger partial charge in [0.05, 0.1) is 5.60 Å². The molecule has 0 saturated carbocycles. The Hall–Kier alpha value is -0.600. The molecule has 3 N–H and O–H groups in total. The zero-order valence-electron chi connectivity index (χ0n) is 8.46. The smallest absolute Gasteiger partial charge is 0.0597 e. The van der Waals surface area contributed by atoms with Crippen LogP contribution in [0.5, 0.6) is 0 Å². The number of rotatable bonds is 3. The van der Waals surface area contributed by atoms with E-state index in [2.05, 4.69) is 18.2 Å². The predicted octanol–water partition coefficient (Wildman–Crippen LogP) is 1.61. The fourth-order valence-electron chi connectivity index (χ4n) is 1.65. The molecule has 0 aromatic rings. The summed E-state index contributed by atoms with van der Waals surface area (Å²) in [5.74, 6) is 0.468. The third-order valence-corrected chi connectivity index (χ3v) is 2.26. The van der Waals surface area contributed by atoms with Crippen LogP contribution in [0.4, 0.5) is 0 Å². The molecule has 2 nitrogen and oxygen atoms in total. The summed E-state index contributed by atoms with van der Waals surface area (Å²) in [6.07, 6.45) is 8.21. The van der Waals surface area contributed by atoms with E-state index in [1.807, 2.05) is 13.8 Å². The fraction of sp³-hybridized carbons (Fsp3) is 0.636. The van der Waals surface area contributed by atoms with Gasteiger partial charge in [-0.15, -0.1) is 0 Å². The Bertz CT molecular complexity index is 223. The zero-order chi connectivity index (χ0) is 9.90. The Balaban J connectivity index is 2.44. The van der Waals surface area contributed by atoms with E-state index >= 15 is 0 Å². The molecule has 0 aromatic carbocycles. The Morgan fingerprint density at radius 1 is 1.62 bits per heavy atom. The van der Waals surface area contributed by atoms with Gasteiger partial charge in [0.15, 0.2) is 0 Å². The van der Waals surface area contributed by atoms with Crippen molar-refractivity contribution >= 4 is 0 Å². The molecule has 0 aromatic heterocycles. The molecule has 0 amide bonds. The van der Waals surface area contributed by atoms with Crippen molar-refractivity contribution in [1.29, 1.82) is 0 Å². The van der Waals surface area contributed by atoms with Crippen molar-refractivity contribution in [1.82, 2.24) is 0 Å². The van der Waals surface area contributed by atoms with Crippen molar-refractivity contribution < 1.29 is 5.11 Å². The van der Waals surface area contributed by atoms with Crippen molar-refractivity contribution in [2.24, 2.45) is 11.7 Å². The van der Waals surface area contributed by atoms with Crippen LogP contribution in [0.2, 0.25) is 0 Å². The zero-order valence-corrected chi connectivity index (χ0v) is 8.46. The molecule has 0 saturated heterocycles. The van der Waals surface area contributed by atoms with Crippen LogP contribution in [0.1, 0.15) is 26.7 Å². The molecule has 1 unspecified atom stereocenters. The molecular formula is C11H19NO. The van der Waals surface area contributed by atoms with Gasteiger partial charge < -0.3 is 10.8 Å². The van der Waals surface area contributed by atoms with Crippen LogP contribution in [0.3, 0.4) is 0 Å². The summed E-state index contributed by atoms with van der Waals surface area (Å²) in [4.78, 5) is 0. The van der Waals surface area contributed by atoms with Crippen LogP contribution in [0.25, 0.3) is 0 Å². The molecule has 1 rings (SSSR count). The predicted molar refractivity (Wildman–Crippen MR) is 55.3 cm³/mol. The lowest BCUT2D eigenvalue weighted by Crippen LogP contribution is -2.23. The van der Waals surface area contributed by atoms with E-state index in [1.54, 1.807) is 0 Å². The third kappa shape index (κ3) is 3.75. The first-order valence-corrected chi connectivity index (χ1v) is 4.81. The first-order valence-electron chi connectivity index (χ1n) is 4.81. The molecule has 0 bridgehead atoms. The van der Waals surface area contributed by atoms with Gasteiger partial charge in [0, 0.05) is 6.54 Å². The largest absolute Gasteiger partial charge is 0.390 e. The highest BCUT2D eigenvalue weighted by atomic mass is 16.3. The summed E-state index contributed by atoms with van der Waals surface area (Å²) in [7, 11) is 0. The van der Waals surface area contributed by atoms with E-state index in [0.29, 0.717) is 12.5 Å². The maximum atomic E-state index is 9.61. The van der Waals surface area contributed by atoms with Crippen molar-refractivity contribution in [2.75, 3.05) is 6.54 Å².